The zero-order chi connectivity index (χ0) is 14.4. The number of hydrogen-bond donors (Lipinski definition) is 1. The summed E-state index contributed by atoms with van der Waals surface area (Å²) in [6, 6.07) is 7.63. The van der Waals surface area contributed by atoms with Gasteiger partial charge in [-0.05, 0) is 54.5 Å². The minimum absolute atomic E-state index is 0.0517. The summed E-state index contributed by atoms with van der Waals surface area (Å²) in [5.74, 6) is 1.90. The lowest BCUT2D eigenvalue weighted by atomic mass is 9.68. The van der Waals surface area contributed by atoms with Crippen molar-refractivity contribution in [1.82, 2.24) is 0 Å². The van der Waals surface area contributed by atoms with E-state index >= 15 is 0 Å². The number of benzene rings is 1. The van der Waals surface area contributed by atoms with Crippen LogP contribution in [0.1, 0.15) is 32.8 Å². The van der Waals surface area contributed by atoms with Crippen LogP contribution in [-0.2, 0) is 10.2 Å². The van der Waals surface area contributed by atoms with Gasteiger partial charge >= 0.3 is 0 Å². The summed E-state index contributed by atoms with van der Waals surface area (Å²) >= 11 is 0. The number of phenols is 1. The molecular weight excluding hydrogens is 248 g/mol. The normalized spacial score (nSPS) is 27.8. The quantitative estimate of drug-likeness (QED) is 0.890. The molecule has 3 rings (SSSR count). The van der Waals surface area contributed by atoms with E-state index < -0.39 is 0 Å². The molecule has 2 aliphatic carbocycles. The highest BCUT2D eigenvalue weighted by atomic mass is 16.5. The van der Waals surface area contributed by atoms with E-state index in [0.717, 1.165) is 12.4 Å². The molecule has 1 aromatic rings. The Morgan fingerprint density at radius 1 is 1.30 bits per heavy atom. The van der Waals surface area contributed by atoms with Crippen molar-refractivity contribution in [3.63, 3.8) is 0 Å². The predicted molar refractivity (Wildman–Crippen MR) is 80.5 cm³/mol. The maximum absolute atomic E-state index is 9.46. The molecule has 0 radical (unpaired) electrons. The van der Waals surface area contributed by atoms with Crippen LogP contribution in [0.5, 0.6) is 5.75 Å². The van der Waals surface area contributed by atoms with Crippen LogP contribution in [-0.4, -0.2) is 11.7 Å². The highest BCUT2D eigenvalue weighted by Gasteiger charge is 2.61. The summed E-state index contributed by atoms with van der Waals surface area (Å²) < 4.78 is 5.60. The first kappa shape index (κ1) is 13.3. The average Bonchev–Trinajstić information content (AvgIpc) is 3.15. The molecule has 20 heavy (non-hydrogen) atoms. The van der Waals surface area contributed by atoms with Crippen LogP contribution >= 0.6 is 0 Å². The molecule has 0 amide bonds. The van der Waals surface area contributed by atoms with E-state index in [9.17, 15) is 5.11 Å². The molecule has 106 valence electrons. The summed E-state index contributed by atoms with van der Waals surface area (Å²) in [5, 5.41) is 9.46. The lowest BCUT2D eigenvalue weighted by Gasteiger charge is -2.35. The van der Waals surface area contributed by atoms with Crippen molar-refractivity contribution in [3.8, 4) is 5.75 Å². The van der Waals surface area contributed by atoms with Crippen LogP contribution in [0.15, 0.2) is 48.3 Å². The molecule has 0 aliphatic heterocycles. The second-order valence-electron chi connectivity index (χ2n) is 6.36. The number of fused-ring (bicyclic) bond motifs is 1. The van der Waals surface area contributed by atoms with E-state index in [4.69, 9.17) is 4.74 Å². The van der Waals surface area contributed by atoms with Gasteiger partial charge < -0.3 is 9.84 Å². The van der Waals surface area contributed by atoms with Crippen molar-refractivity contribution >= 4 is 0 Å². The van der Waals surface area contributed by atoms with E-state index in [0.29, 0.717) is 11.7 Å². The standard InChI is InChI=1S/C18H22O2/c1-4-20-16-9-10-18(12-14(18)11-16)17(2,3)13-5-7-15(19)8-6-13/h5-11,14,19H,4,12H2,1-3H3. The van der Waals surface area contributed by atoms with E-state index in [1.807, 2.05) is 19.1 Å². The van der Waals surface area contributed by atoms with Crippen molar-refractivity contribution in [2.45, 2.75) is 32.6 Å². The molecule has 0 spiro atoms. The first-order valence-corrected chi connectivity index (χ1v) is 7.33. The first-order valence-electron chi connectivity index (χ1n) is 7.33. The number of phenolic OH excluding ortho intramolecular Hbond substituents is 1. The summed E-state index contributed by atoms with van der Waals surface area (Å²) in [6.07, 6.45) is 7.89. The fourth-order valence-electron chi connectivity index (χ4n) is 3.53. The number of aromatic hydroxyl groups is 1. The highest BCUT2D eigenvalue weighted by Crippen LogP contribution is 2.67. The average molecular weight is 270 g/mol. The molecule has 1 fully saturated rings. The lowest BCUT2D eigenvalue weighted by Crippen LogP contribution is -2.31. The second-order valence-corrected chi connectivity index (χ2v) is 6.36. The number of ether oxygens (including phenoxy) is 1. The van der Waals surface area contributed by atoms with E-state index in [2.05, 4.69) is 32.1 Å². The van der Waals surface area contributed by atoms with Gasteiger partial charge in [0, 0.05) is 5.41 Å². The largest absolute Gasteiger partial charge is 0.508 e. The second kappa shape index (κ2) is 4.41. The van der Waals surface area contributed by atoms with Gasteiger partial charge in [-0.15, -0.1) is 0 Å². The van der Waals surface area contributed by atoms with Gasteiger partial charge in [0.05, 0.1) is 6.61 Å². The Morgan fingerprint density at radius 2 is 2.00 bits per heavy atom. The van der Waals surface area contributed by atoms with Gasteiger partial charge in [-0.25, -0.2) is 0 Å². The topological polar surface area (TPSA) is 29.5 Å². The Kier molecular flexibility index (Phi) is 2.93. The molecule has 2 unspecified atom stereocenters. The van der Waals surface area contributed by atoms with Gasteiger partial charge in [-0.3, -0.25) is 0 Å². The van der Waals surface area contributed by atoms with E-state index in [1.54, 1.807) is 12.1 Å². The molecule has 1 saturated carbocycles. The van der Waals surface area contributed by atoms with E-state index in [1.165, 1.54) is 12.0 Å². The maximum Gasteiger partial charge on any atom is 0.115 e. The predicted octanol–water partition coefficient (Wildman–Crippen LogP) is 4.17. The monoisotopic (exact) mass is 270 g/mol. The SMILES string of the molecule is CCOC1=CC2CC2(C(C)(C)c2ccc(O)cc2)C=C1. The molecule has 0 heterocycles. The summed E-state index contributed by atoms with van der Waals surface area (Å²) in [4.78, 5) is 0. The van der Waals surface area contributed by atoms with Crippen LogP contribution in [0.3, 0.4) is 0 Å². The Bertz CT molecular complexity index is 566. The molecule has 1 N–H and O–H groups in total. The van der Waals surface area contributed by atoms with Crippen molar-refractivity contribution in [2.24, 2.45) is 11.3 Å². The number of allylic oxidation sites excluding steroid dienone is 3. The molecule has 0 saturated heterocycles. The Labute approximate surface area is 120 Å². The van der Waals surface area contributed by atoms with Crippen LogP contribution < -0.4 is 0 Å². The molecular formula is C18H22O2. The summed E-state index contributed by atoms with van der Waals surface area (Å²) in [5.41, 5.74) is 1.52. The van der Waals surface area contributed by atoms with Gasteiger partial charge in [-0.2, -0.15) is 0 Å². The van der Waals surface area contributed by atoms with Gasteiger partial charge in [0.25, 0.3) is 0 Å². The first-order chi connectivity index (χ1) is 9.49. The number of rotatable bonds is 4. The Morgan fingerprint density at radius 3 is 2.60 bits per heavy atom. The molecule has 1 aromatic carbocycles. The fraction of sp³-hybridized carbons (Fsp3) is 0.444. The van der Waals surface area contributed by atoms with Gasteiger partial charge in [-0.1, -0.05) is 32.1 Å². The van der Waals surface area contributed by atoms with E-state index in [-0.39, 0.29) is 10.8 Å². The minimum Gasteiger partial charge on any atom is -0.508 e. The van der Waals surface area contributed by atoms with Crippen LogP contribution in [0.2, 0.25) is 0 Å². The lowest BCUT2D eigenvalue weighted by molar-refractivity contribution is 0.235. The van der Waals surface area contributed by atoms with Crippen molar-refractivity contribution in [2.75, 3.05) is 6.61 Å². The molecule has 0 aromatic heterocycles. The Balaban J connectivity index is 1.88. The third kappa shape index (κ3) is 1.86. The number of hydrogen-bond acceptors (Lipinski definition) is 2. The zero-order valence-electron chi connectivity index (χ0n) is 12.4. The molecule has 2 aliphatic rings. The van der Waals surface area contributed by atoms with Gasteiger partial charge in [0.1, 0.15) is 11.5 Å². The highest BCUT2D eigenvalue weighted by molar-refractivity contribution is 5.43. The van der Waals surface area contributed by atoms with Crippen LogP contribution in [0.25, 0.3) is 0 Å². The minimum atomic E-state index is 0.0517. The molecule has 0 bridgehead atoms. The smallest absolute Gasteiger partial charge is 0.115 e. The zero-order valence-corrected chi connectivity index (χ0v) is 12.4. The van der Waals surface area contributed by atoms with Crippen molar-refractivity contribution in [3.05, 3.63) is 53.8 Å². The Hall–Kier alpha value is -1.70. The molecule has 2 atom stereocenters. The van der Waals surface area contributed by atoms with Gasteiger partial charge in [0.15, 0.2) is 0 Å². The maximum atomic E-state index is 9.46. The molecule has 2 heteroatoms. The van der Waals surface area contributed by atoms with Gasteiger partial charge in [0.2, 0.25) is 0 Å². The summed E-state index contributed by atoms with van der Waals surface area (Å²) in [7, 11) is 0. The molecule has 2 nitrogen and oxygen atoms in total. The third-order valence-electron chi connectivity index (χ3n) is 5.03. The van der Waals surface area contributed by atoms with Crippen molar-refractivity contribution < 1.29 is 9.84 Å². The van der Waals surface area contributed by atoms with Crippen LogP contribution in [0.4, 0.5) is 0 Å². The van der Waals surface area contributed by atoms with Crippen LogP contribution in [0, 0.1) is 11.3 Å². The third-order valence-corrected chi connectivity index (χ3v) is 5.03. The van der Waals surface area contributed by atoms with Crippen molar-refractivity contribution in [1.29, 1.82) is 0 Å². The summed E-state index contributed by atoms with van der Waals surface area (Å²) in [6.45, 7) is 7.33. The fourth-order valence-corrected chi connectivity index (χ4v) is 3.53.